The second kappa shape index (κ2) is 6.62. The van der Waals surface area contributed by atoms with E-state index < -0.39 is 6.10 Å². The lowest BCUT2D eigenvalue weighted by Gasteiger charge is -2.30. The Morgan fingerprint density at radius 2 is 1.82 bits per heavy atom. The van der Waals surface area contributed by atoms with Gasteiger partial charge in [-0.25, -0.2) is 0 Å². The molecule has 0 spiro atoms. The monoisotopic (exact) mass is 237 g/mol. The summed E-state index contributed by atoms with van der Waals surface area (Å²) in [6.45, 7) is 7.72. The molecule has 1 N–H and O–H groups in total. The lowest BCUT2D eigenvalue weighted by atomic mass is 10.1. The molecular weight excluding hydrogens is 214 g/mol. The molecule has 0 bridgehead atoms. The summed E-state index contributed by atoms with van der Waals surface area (Å²) in [6, 6.07) is 8.40. The highest BCUT2D eigenvalue weighted by atomic mass is 16.5. The molecule has 0 aliphatic rings. The van der Waals surface area contributed by atoms with Gasteiger partial charge in [-0.1, -0.05) is 12.1 Å². The molecule has 1 unspecified atom stereocenters. The summed E-state index contributed by atoms with van der Waals surface area (Å²) in [5, 5.41) is 9.47. The van der Waals surface area contributed by atoms with E-state index in [2.05, 4.69) is 30.9 Å². The van der Waals surface area contributed by atoms with Crippen molar-refractivity contribution in [3.8, 4) is 0 Å². The Morgan fingerprint density at radius 3 is 2.24 bits per heavy atom. The summed E-state index contributed by atoms with van der Waals surface area (Å²) in [5.74, 6) is 0. The third kappa shape index (κ3) is 3.72. The summed E-state index contributed by atoms with van der Waals surface area (Å²) >= 11 is 0. The number of benzene rings is 1. The fraction of sp³-hybridized carbons (Fsp3) is 0.571. The van der Waals surface area contributed by atoms with E-state index in [1.54, 1.807) is 14.0 Å². The smallest absolute Gasteiger partial charge is 0.0761 e. The zero-order valence-corrected chi connectivity index (χ0v) is 11.2. The van der Waals surface area contributed by atoms with Crippen LogP contribution in [0.5, 0.6) is 0 Å². The van der Waals surface area contributed by atoms with Crippen LogP contribution < -0.4 is 4.90 Å². The third-order valence-electron chi connectivity index (χ3n) is 2.99. The van der Waals surface area contributed by atoms with Crippen molar-refractivity contribution in [3.63, 3.8) is 0 Å². The Bertz CT molecular complexity index is 321. The predicted octanol–water partition coefficient (Wildman–Crippen LogP) is 2.60. The topological polar surface area (TPSA) is 32.7 Å². The molecule has 2 atom stereocenters. The van der Waals surface area contributed by atoms with Crippen molar-refractivity contribution in [2.75, 3.05) is 25.2 Å². The normalized spacial score (nSPS) is 14.4. The van der Waals surface area contributed by atoms with E-state index in [9.17, 15) is 5.11 Å². The van der Waals surface area contributed by atoms with Gasteiger partial charge in [0.05, 0.1) is 12.7 Å². The van der Waals surface area contributed by atoms with Crippen LogP contribution in [0.1, 0.15) is 32.4 Å². The number of aliphatic hydroxyl groups excluding tert-OH is 1. The molecule has 0 heterocycles. The minimum Gasteiger partial charge on any atom is -0.389 e. The third-order valence-corrected chi connectivity index (χ3v) is 2.99. The largest absolute Gasteiger partial charge is 0.389 e. The minimum absolute atomic E-state index is 0.349. The van der Waals surface area contributed by atoms with Gasteiger partial charge in [-0.3, -0.25) is 0 Å². The van der Waals surface area contributed by atoms with Gasteiger partial charge in [0.25, 0.3) is 0 Å². The fourth-order valence-corrected chi connectivity index (χ4v) is 2.02. The standard InChI is InChI=1S/C14H23NO2/c1-5-15(11(2)10-17-4)14-8-6-13(7-9-14)12(3)16/h6-9,11-12,16H,5,10H2,1-4H3/t11?,12-/m0/s1. The molecule has 0 aliphatic carbocycles. The van der Waals surface area contributed by atoms with Gasteiger partial charge in [0.15, 0.2) is 0 Å². The molecule has 3 heteroatoms. The molecule has 3 nitrogen and oxygen atoms in total. The minimum atomic E-state index is -0.407. The Kier molecular flexibility index (Phi) is 5.45. The van der Waals surface area contributed by atoms with Gasteiger partial charge in [0.1, 0.15) is 0 Å². The first-order valence-corrected chi connectivity index (χ1v) is 6.13. The second-order valence-corrected chi connectivity index (χ2v) is 4.36. The molecule has 0 aromatic heterocycles. The molecule has 0 radical (unpaired) electrons. The lowest BCUT2D eigenvalue weighted by molar-refractivity contribution is 0.182. The number of nitrogens with zero attached hydrogens (tertiary/aromatic N) is 1. The number of anilines is 1. The Hall–Kier alpha value is -1.06. The second-order valence-electron chi connectivity index (χ2n) is 4.36. The molecule has 0 saturated carbocycles. The van der Waals surface area contributed by atoms with Crippen LogP contribution in [0.3, 0.4) is 0 Å². The van der Waals surface area contributed by atoms with Crippen molar-refractivity contribution < 1.29 is 9.84 Å². The van der Waals surface area contributed by atoms with E-state index in [-0.39, 0.29) is 0 Å². The number of aliphatic hydroxyl groups is 1. The average molecular weight is 237 g/mol. The molecular formula is C14H23NO2. The van der Waals surface area contributed by atoms with Crippen molar-refractivity contribution in [3.05, 3.63) is 29.8 Å². The Labute approximate surface area is 104 Å². The van der Waals surface area contributed by atoms with E-state index in [0.29, 0.717) is 12.6 Å². The van der Waals surface area contributed by atoms with E-state index >= 15 is 0 Å². The summed E-state index contributed by atoms with van der Waals surface area (Å²) in [7, 11) is 1.72. The van der Waals surface area contributed by atoms with Crippen molar-refractivity contribution in [2.45, 2.75) is 32.9 Å². The van der Waals surface area contributed by atoms with Gasteiger partial charge in [-0.2, -0.15) is 0 Å². The zero-order valence-electron chi connectivity index (χ0n) is 11.2. The molecule has 0 fully saturated rings. The first kappa shape index (κ1) is 14.0. The molecule has 0 saturated heterocycles. The zero-order chi connectivity index (χ0) is 12.8. The number of hydrogen-bond donors (Lipinski definition) is 1. The number of rotatable bonds is 6. The fourth-order valence-electron chi connectivity index (χ4n) is 2.02. The maximum atomic E-state index is 9.47. The highest BCUT2D eigenvalue weighted by Crippen LogP contribution is 2.20. The van der Waals surface area contributed by atoms with Crippen molar-refractivity contribution in [1.29, 1.82) is 0 Å². The van der Waals surface area contributed by atoms with Crippen molar-refractivity contribution in [1.82, 2.24) is 0 Å². The van der Waals surface area contributed by atoms with Crippen LogP contribution in [0.4, 0.5) is 5.69 Å². The number of likely N-dealkylation sites (N-methyl/N-ethyl adjacent to an activating group) is 1. The highest BCUT2D eigenvalue weighted by molar-refractivity contribution is 5.48. The van der Waals surface area contributed by atoms with E-state index in [1.807, 2.05) is 12.1 Å². The molecule has 17 heavy (non-hydrogen) atoms. The Morgan fingerprint density at radius 1 is 1.24 bits per heavy atom. The molecule has 96 valence electrons. The quantitative estimate of drug-likeness (QED) is 0.825. The highest BCUT2D eigenvalue weighted by Gasteiger charge is 2.12. The van der Waals surface area contributed by atoms with Crippen LogP contribution >= 0.6 is 0 Å². The molecule has 1 aromatic carbocycles. The van der Waals surface area contributed by atoms with Crippen LogP contribution in [0, 0.1) is 0 Å². The summed E-state index contributed by atoms with van der Waals surface area (Å²) in [5.41, 5.74) is 2.12. The van der Waals surface area contributed by atoms with Gasteiger partial charge in [-0.05, 0) is 38.5 Å². The molecule has 1 rings (SSSR count). The van der Waals surface area contributed by atoms with Crippen LogP contribution in [0.2, 0.25) is 0 Å². The predicted molar refractivity (Wildman–Crippen MR) is 71.4 cm³/mol. The molecule has 1 aromatic rings. The number of ether oxygens (including phenoxy) is 1. The van der Waals surface area contributed by atoms with E-state index in [0.717, 1.165) is 12.1 Å². The first-order valence-electron chi connectivity index (χ1n) is 6.13. The van der Waals surface area contributed by atoms with Gasteiger partial charge in [-0.15, -0.1) is 0 Å². The van der Waals surface area contributed by atoms with Crippen molar-refractivity contribution >= 4 is 5.69 Å². The van der Waals surface area contributed by atoms with Crippen LogP contribution in [-0.2, 0) is 4.74 Å². The van der Waals surface area contributed by atoms with Crippen LogP contribution in [0.25, 0.3) is 0 Å². The summed E-state index contributed by atoms with van der Waals surface area (Å²) in [4.78, 5) is 2.29. The Balaban J connectivity index is 2.82. The van der Waals surface area contributed by atoms with Crippen molar-refractivity contribution in [2.24, 2.45) is 0 Å². The number of hydrogen-bond acceptors (Lipinski definition) is 3. The lowest BCUT2D eigenvalue weighted by Crippen LogP contribution is -2.36. The average Bonchev–Trinajstić information content (AvgIpc) is 2.31. The van der Waals surface area contributed by atoms with Crippen LogP contribution in [0.15, 0.2) is 24.3 Å². The first-order chi connectivity index (χ1) is 8.10. The molecule has 0 amide bonds. The maximum Gasteiger partial charge on any atom is 0.0761 e. The van der Waals surface area contributed by atoms with Gasteiger partial charge in [0, 0.05) is 25.4 Å². The van der Waals surface area contributed by atoms with Gasteiger partial charge >= 0.3 is 0 Å². The molecule has 0 aliphatic heterocycles. The SMILES string of the molecule is CCN(c1ccc([C@H](C)O)cc1)C(C)COC. The van der Waals surface area contributed by atoms with E-state index in [4.69, 9.17) is 4.74 Å². The summed E-state index contributed by atoms with van der Waals surface area (Å²) in [6.07, 6.45) is -0.407. The van der Waals surface area contributed by atoms with Gasteiger partial charge < -0.3 is 14.7 Å². The van der Waals surface area contributed by atoms with Gasteiger partial charge in [0.2, 0.25) is 0 Å². The summed E-state index contributed by atoms with van der Waals surface area (Å²) < 4.78 is 5.19. The van der Waals surface area contributed by atoms with E-state index in [1.165, 1.54) is 5.69 Å². The maximum absolute atomic E-state index is 9.47. The van der Waals surface area contributed by atoms with Crippen LogP contribution in [-0.4, -0.2) is 31.4 Å². The number of methoxy groups -OCH3 is 1.